The maximum atomic E-state index is 9.31. The Hall–Kier alpha value is -2.48. The standard InChI is InChI=1S/C16H19N5/c1-11-5-2-3-6-12(11)10-21-15(18)14(9-17)16(20-21)19-13-7-4-8-13/h2-3,5-6,13H,4,7-8,10,18H2,1H3,(H,19,20). The number of nitrogens with zero attached hydrogens (tertiary/aromatic N) is 3. The first-order chi connectivity index (χ1) is 10.2. The number of aromatic nitrogens is 2. The topological polar surface area (TPSA) is 79.7 Å². The lowest BCUT2D eigenvalue weighted by Gasteiger charge is -2.26. The zero-order chi connectivity index (χ0) is 14.8. The predicted octanol–water partition coefficient (Wildman–Crippen LogP) is 2.66. The van der Waals surface area contributed by atoms with Crippen molar-refractivity contribution in [1.82, 2.24) is 9.78 Å². The van der Waals surface area contributed by atoms with Crippen LogP contribution in [0.3, 0.4) is 0 Å². The van der Waals surface area contributed by atoms with Crippen molar-refractivity contribution in [3.63, 3.8) is 0 Å². The van der Waals surface area contributed by atoms with E-state index in [0.717, 1.165) is 18.4 Å². The van der Waals surface area contributed by atoms with E-state index in [4.69, 9.17) is 5.73 Å². The lowest BCUT2D eigenvalue weighted by molar-refractivity contribution is 0.443. The molecule has 1 aromatic carbocycles. The minimum absolute atomic E-state index is 0.429. The molecule has 1 aromatic heterocycles. The van der Waals surface area contributed by atoms with Gasteiger partial charge in [0.25, 0.3) is 0 Å². The Balaban J connectivity index is 1.88. The van der Waals surface area contributed by atoms with Gasteiger partial charge in [0.2, 0.25) is 0 Å². The van der Waals surface area contributed by atoms with Crippen molar-refractivity contribution in [2.45, 2.75) is 38.8 Å². The first-order valence-electron chi connectivity index (χ1n) is 7.26. The molecule has 0 atom stereocenters. The second-order valence-electron chi connectivity index (χ2n) is 5.58. The summed E-state index contributed by atoms with van der Waals surface area (Å²) < 4.78 is 1.71. The molecular weight excluding hydrogens is 262 g/mol. The number of aryl methyl sites for hydroxylation is 1. The van der Waals surface area contributed by atoms with Gasteiger partial charge < -0.3 is 11.1 Å². The molecule has 108 valence electrons. The first kappa shape index (κ1) is 13.5. The fraction of sp³-hybridized carbons (Fsp3) is 0.375. The lowest BCUT2D eigenvalue weighted by Crippen LogP contribution is -2.27. The van der Waals surface area contributed by atoms with Crippen LogP contribution in [0.2, 0.25) is 0 Å². The number of rotatable bonds is 4. The fourth-order valence-corrected chi connectivity index (χ4v) is 2.50. The average Bonchev–Trinajstić information content (AvgIpc) is 2.72. The lowest BCUT2D eigenvalue weighted by atomic mass is 9.93. The van der Waals surface area contributed by atoms with Crippen LogP contribution in [0.4, 0.5) is 11.6 Å². The monoisotopic (exact) mass is 281 g/mol. The van der Waals surface area contributed by atoms with Crippen LogP contribution in [-0.2, 0) is 6.54 Å². The number of nitrogens with two attached hydrogens (primary N) is 1. The third-order valence-corrected chi connectivity index (χ3v) is 4.13. The highest BCUT2D eigenvalue weighted by atomic mass is 15.3. The molecule has 0 amide bonds. The molecule has 5 heteroatoms. The summed E-state index contributed by atoms with van der Waals surface area (Å²) >= 11 is 0. The largest absolute Gasteiger partial charge is 0.383 e. The summed E-state index contributed by atoms with van der Waals surface area (Å²) in [6.07, 6.45) is 3.50. The number of nitrogens with one attached hydrogen (secondary N) is 1. The molecule has 21 heavy (non-hydrogen) atoms. The molecule has 1 aliphatic rings. The molecule has 0 spiro atoms. The zero-order valence-corrected chi connectivity index (χ0v) is 12.1. The molecule has 0 saturated heterocycles. The summed E-state index contributed by atoms with van der Waals surface area (Å²) in [6, 6.07) is 10.7. The molecule has 0 radical (unpaired) electrons. The van der Waals surface area contributed by atoms with Crippen molar-refractivity contribution in [1.29, 1.82) is 5.26 Å². The Kier molecular flexibility index (Phi) is 3.53. The molecule has 3 rings (SSSR count). The second kappa shape index (κ2) is 5.49. The van der Waals surface area contributed by atoms with E-state index < -0.39 is 0 Å². The van der Waals surface area contributed by atoms with Crippen molar-refractivity contribution in [2.75, 3.05) is 11.1 Å². The van der Waals surface area contributed by atoms with Crippen LogP contribution in [0.15, 0.2) is 24.3 Å². The third kappa shape index (κ3) is 2.57. The van der Waals surface area contributed by atoms with E-state index in [-0.39, 0.29) is 0 Å². The van der Waals surface area contributed by atoms with Gasteiger partial charge in [0.15, 0.2) is 5.82 Å². The molecule has 0 unspecified atom stereocenters. The van der Waals surface area contributed by atoms with Crippen molar-refractivity contribution in [3.05, 3.63) is 41.0 Å². The van der Waals surface area contributed by atoms with E-state index in [1.807, 2.05) is 12.1 Å². The van der Waals surface area contributed by atoms with Crippen LogP contribution in [0.1, 0.15) is 36.0 Å². The Bertz CT molecular complexity index is 691. The van der Waals surface area contributed by atoms with Crippen LogP contribution in [-0.4, -0.2) is 15.8 Å². The van der Waals surface area contributed by atoms with Gasteiger partial charge in [-0.25, -0.2) is 4.68 Å². The summed E-state index contributed by atoms with van der Waals surface area (Å²) in [4.78, 5) is 0. The van der Waals surface area contributed by atoms with Crippen molar-refractivity contribution >= 4 is 11.6 Å². The Morgan fingerprint density at radius 2 is 2.19 bits per heavy atom. The van der Waals surface area contributed by atoms with Crippen LogP contribution in [0.5, 0.6) is 0 Å². The number of anilines is 2. The summed E-state index contributed by atoms with van der Waals surface area (Å²) in [5.41, 5.74) is 8.89. The van der Waals surface area contributed by atoms with E-state index in [0.29, 0.717) is 29.8 Å². The zero-order valence-electron chi connectivity index (χ0n) is 12.1. The number of nitriles is 1. The average molecular weight is 281 g/mol. The van der Waals surface area contributed by atoms with Crippen LogP contribution >= 0.6 is 0 Å². The van der Waals surface area contributed by atoms with Gasteiger partial charge in [-0.1, -0.05) is 24.3 Å². The van der Waals surface area contributed by atoms with E-state index in [1.54, 1.807) is 4.68 Å². The highest BCUT2D eigenvalue weighted by molar-refractivity contribution is 5.64. The molecular formula is C16H19N5. The number of hydrogen-bond donors (Lipinski definition) is 2. The Labute approximate surface area is 124 Å². The second-order valence-corrected chi connectivity index (χ2v) is 5.58. The van der Waals surface area contributed by atoms with Gasteiger partial charge in [-0.2, -0.15) is 10.4 Å². The Morgan fingerprint density at radius 1 is 1.43 bits per heavy atom. The van der Waals surface area contributed by atoms with Crippen LogP contribution in [0, 0.1) is 18.3 Å². The highest BCUT2D eigenvalue weighted by Gasteiger charge is 2.22. The van der Waals surface area contributed by atoms with E-state index in [1.165, 1.54) is 12.0 Å². The summed E-state index contributed by atoms with van der Waals surface area (Å²) in [7, 11) is 0. The number of nitrogen functional groups attached to an aromatic ring is 1. The van der Waals surface area contributed by atoms with Gasteiger partial charge in [0.1, 0.15) is 17.5 Å². The van der Waals surface area contributed by atoms with Crippen molar-refractivity contribution in [3.8, 4) is 6.07 Å². The molecule has 1 saturated carbocycles. The molecule has 2 aromatic rings. The van der Waals surface area contributed by atoms with Crippen molar-refractivity contribution in [2.24, 2.45) is 0 Å². The molecule has 0 bridgehead atoms. The molecule has 5 nitrogen and oxygen atoms in total. The van der Waals surface area contributed by atoms with Gasteiger partial charge in [0, 0.05) is 6.04 Å². The number of benzene rings is 1. The third-order valence-electron chi connectivity index (χ3n) is 4.13. The summed E-state index contributed by atoms with van der Waals surface area (Å²) in [5.74, 6) is 1.05. The van der Waals surface area contributed by atoms with Crippen LogP contribution < -0.4 is 11.1 Å². The molecule has 0 aliphatic heterocycles. The minimum atomic E-state index is 0.429. The maximum Gasteiger partial charge on any atom is 0.168 e. The predicted molar refractivity (Wildman–Crippen MR) is 82.9 cm³/mol. The highest BCUT2D eigenvalue weighted by Crippen LogP contribution is 2.27. The SMILES string of the molecule is Cc1ccccc1Cn1nc(NC2CCC2)c(C#N)c1N. The van der Waals surface area contributed by atoms with Crippen LogP contribution in [0.25, 0.3) is 0 Å². The smallest absolute Gasteiger partial charge is 0.168 e. The fourth-order valence-electron chi connectivity index (χ4n) is 2.50. The summed E-state index contributed by atoms with van der Waals surface area (Å²) in [6.45, 7) is 2.65. The normalized spacial score (nSPS) is 14.5. The van der Waals surface area contributed by atoms with E-state index >= 15 is 0 Å². The number of hydrogen-bond acceptors (Lipinski definition) is 4. The summed E-state index contributed by atoms with van der Waals surface area (Å²) in [5, 5.41) is 17.1. The Morgan fingerprint density at radius 3 is 2.81 bits per heavy atom. The molecule has 1 fully saturated rings. The maximum absolute atomic E-state index is 9.31. The van der Waals surface area contributed by atoms with Gasteiger partial charge in [-0.05, 0) is 37.3 Å². The van der Waals surface area contributed by atoms with Gasteiger partial charge in [-0.3, -0.25) is 0 Å². The first-order valence-corrected chi connectivity index (χ1v) is 7.26. The van der Waals surface area contributed by atoms with Gasteiger partial charge >= 0.3 is 0 Å². The molecule has 3 N–H and O–H groups in total. The van der Waals surface area contributed by atoms with Gasteiger partial charge in [0.05, 0.1) is 6.54 Å². The van der Waals surface area contributed by atoms with Crippen molar-refractivity contribution < 1.29 is 0 Å². The molecule has 1 aliphatic carbocycles. The minimum Gasteiger partial charge on any atom is -0.383 e. The quantitative estimate of drug-likeness (QED) is 0.903. The van der Waals surface area contributed by atoms with E-state index in [2.05, 4.69) is 35.5 Å². The van der Waals surface area contributed by atoms with E-state index in [9.17, 15) is 5.26 Å². The van der Waals surface area contributed by atoms with Gasteiger partial charge in [-0.15, -0.1) is 0 Å². The molecule has 1 heterocycles.